The predicted molar refractivity (Wildman–Crippen MR) is 20.6 cm³/mol. The molecule has 0 bridgehead atoms. The van der Waals surface area contributed by atoms with Crippen LogP contribution in [0.4, 0.5) is 0 Å². The summed E-state index contributed by atoms with van der Waals surface area (Å²) in [5.41, 5.74) is 0. The van der Waals surface area contributed by atoms with Crippen molar-refractivity contribution in [2.75, 3.05) is 0 Å². The Morgan fingerprint density at radius 1 is 2.00 bits per heavy atom. The molecule has 0 aromatic heterocycles. The van der Waals surface area contributed by atoms with Crippen LogP contribution in [0, 0.1) is 0 Å². The van der Waals surface area contributed by atoms with Gasteiger partial charge in [0.1, 0.15) is 0 Å². The molecule has 0 aromatic carbocycles. The molecule has 0 aliphatic rings. The quantitative estimate of drug-likeness (QED) is 0.388. The van der Waals surface area contributed by atoms with Crippen LogP contribution in [0.3, 0.4) is 0 Å². The van der Waals surface area contributed by atoms with Gasteiger partial charge in [-0.3, -0.25) is 0 Å². The molecule has 0 aromatic rings. The molecular formula is CH4OPSe+. The van der Waals surface area contributed by atoms with E-state index < -0.39 is 0 Å². The van der Waals surface area contributed by atoms with Crippen molar-refractivity contribution in [3.8, 4) is 0 Å². The Labute approximate surface area is 32.7 Å². The zero-order valence-corrected chi connectivity index (χ0v) is 5.03. The second-order valence-electron chi connectivity index (χ2n) is 0.287. The van der Waals surface area contributed by atoms with E-state index in [9.17, 15) is 4.57 Å². The third-order valence-electron chi connectivity index (χ3n) is 0.0833. The molecule has 1 nitrogen and oxygen atoms in total. The van der Waals surface area contributed by atoms with Crippen molar-refractivity contribution < 1.29 is 4.57 Å². The van der Waals surface area contributed by atoms with Gasteiger partial charge >= 0.3 is 32.1 Å². The Morgan fingerprint density at radius 2 is 2.25 bits per heavy atom. The van der Waals surface area contributed by atoms with Gasteiger partial charge in [0.05, 0.1) is 0 Å². The van der Waals surface area contributed by atoms with Gasteiger partial charge in [-0.05, 0) is 0 Å². The third kappa shape index (κ3) is 2.62. The average Bonchev–Trinajstić information content (AvgIpc) is 1.37. The Bertz CT molecular complexity index is 22.0. The van der Waals surface area contributed by atoms with Gasteiger partial charge in [0.2, 0.25) is 0 Å². The monoisotopic (exact) mass is 143 g/mol. The van der Waals surface area contributed by atoms with Crippen LogP contribution in [0.1, 0.15) is 0 Å². The molecule has 24 valence electrons. The fourth-order valence-corrected chi connectivity index (χ4v) is 0. The Morgan fingerprint density at radius 3 is 2.25 bits per heavy atom. The van der Waals surface area contributed by atoms with E-state index in [1.54, 1.807) is 0 Å². The number of rotatable bonds is 1. The van der Waals surface area contributed by atoms with Crippen LogP contribution in [-0.4, -0.2) is 14.5 Å². The van der Waals surface area contributed by atoms with Gasteiger partial charge in [-0.25, -0.2) is 0 Å². The molecule has 0 radical (unpaired) electrons. The van der Waals surface area contributed by atoms with E-state index >= 15 is 0 Å². The van der Waals surface area contributed by atoms with Gasteiger partial charge in [0.25, 0.3) is 0 Å². The molecule has 0 saturated heterocycles. The van der Waals surface area contributed by atoms with Crippen LogP contribution in [-0.2, 0) is 4.57 Å². The topological polar surface area (TPSA) is 17.1 Å². The summed E-state index contributed by atoms with van der Waals surface area (Å²) >= 11 is 0.389. The predicted octanol–water partition coefficient (Wildman–Crippen LogP) is 0.678. The molecule has 0 N–H and O–H groups in total. The summed E-state index contributed by atoms with van der Waals surface area (Å²) in [6.07, 6.45) is 0. The molecule has 1 atom stereocenters. The summed E-state index contributed by atoms with van der Waals surface area (Å²) in [4.78, 5) is 0. The molecule has 0 fully saturated rings. The molecule has 4 heavy (non-hydrogen) atoms. The second-order valence-corrected chi connectivity index (χ2v) is 4.48. The summed E-state index contributed by atoms with van der Waals surface area (Å²) in [6.45, 7) is 0. The van der Waals surface area contributed by atoms with E-state index in [-0.39, 0.29) is 7.15 Å². The SMILES string of the molecule is C[Se][PH+]=O. The molecule has 3 heteroatoms. The molecule has 0 heterocycles. The molecule has 0 aliphatic carbocycles. The van der Waals surface area contributed by atoms with Gasteiger partial charge in [-0.1, -0.05) is 0 Å². The van der Waals surface area contributed by atoms with Crippen LogP contribution in [0.5, 0.6) is 0 Å². The van der Waals surface area contributed by atoms with Crippen LogP contribution < -0.4 is 0 Å². The summed E-state index contributed by atoms with van der Waals surface area (Å²) in [7, 11) is -0.0471. The van der Waals surface area contributed by atoms with E-state index in [1.807, 2.05) is 5.82 Å². The maximum atomic E-state index is 9.35. The van der Waals surface area contributed by atoms with Crippen molar-refractivity contribution in [2.24, 2.45) is 0 Å². The van der Waals surface area contributed by atoms with Gasteiger partial charge in [0, 0.05) is 0 Å². The first-order valence-electron chi connectivity index (χ1n) is 0.816. The molecule has 0 aliphatic heterocycles. The Kier molecular flexibility index (Phi) is 4.18. The van der Waals surface area contributed by atoms with Crippen molar-refractivity contribution in [1.82, 2.24) is 0 Å². The first-order valence-corrected chi connectivity index (χ1v) is 5.92. The van der Waals surface area contributed by atoms with E-state index in [1.165, 1.54) is 0 Å². The molecule has 1 unspecified atom stereocenters. The molecule has 0 saturated carbocycles. The zero-order valence-electron chi connectivity index (χ0n) is 2.32. The number of hydrogen-bond donors (Lipinski definition) is 0. The van der Waals surface area contributed by atoms with Crippen molar-refractivity contribution in [3.05, 3.63) is 0 Å². The van der Waals surface area contributed by atoms with E-state index in [0.717, 1.165) is 0 Å². The van der Waals surface area contributed by atoms with Crippen molar-refractivity contribution in [3.63, 3.8) is 0 Å². The first kappa shape index (κ1) is 4.62. The second kappa shape index (κ2) is 3.62. The fourth-order valence-electron chi connectivity index (χ4n) is 0. The zero-order chi connectivity index (χ0) is 3.41. The summed E-state index contributed by atoms with van der Waals surface area (Å²) < 4.78 is 9.35. The van der Waals surface area contributed by atoms with E-state index in [2.05, 4.69) is 0 Å². The summed E-state index contributed by atoms with van der Waals surface area (Å²) in [5, 5.41) is 0. The molecule has 0 spiro atoms. The minimum atomic E-state index is -0.0471. The van der Waals surface area contributed by atoms with Gasteiger partial charge in [-0.2, -0.15) is 0 Å². The standard InChI is InChI=1S/CH3OPSe/c1-4-3-2/h1H3/p+1. The van der Waals surface area contributed by atoms with Gasteiger partial charge < -0.3 is 0 Å². The van der Waals surface area contributed by atoms with Crippen LogP contribution in [0.25, 0.3) is 0 Å². The summed E-state index contributed by atoms with van der Waals surface area (Å²) in [5.74, 6) is 1.94. The average molecular weight is 142 g/mol. The minimum absolute atomic E-state index is 0.0471. The molecular weight excluding hydrogens is 138 g/mol. The van der Waals surface area contributed by atoms with Crippen LogP contribution >= 0.6 is 7.15 Å². The van der Waals surface area contributed by atoms with Gasteiger partial charge in [-0.15, -0.1) is 0 Å². The van der Waals surface area contributed by atoms with Crippen LogP contribution in [0.15, 0.2) is 0 Å². The summed E-state index contributed by atoms with van der Waals surface area (Å²) in [6, 6.07) is 0. The van der Waals surface area contributed by atoms with Crippen molar-refractivity contribution >= 4 is 21.7 Å². The van der Waals surface area contributed by atoms with Crippen LogP contribution in [0.2, 0.25) is 5.82 Å². The maximum absolute atomic E-state index is 9.35. The first-order chi connectivity index (χ1) is 1.91. The van der Waals surface area contributed by atoms with E-state index in [4.69, 9.17) is 0 Å². The Balaban J connectivity index is 2.30. The van der Waals surface area contributed by atoms with Crippen molar-refractivity contribution in [2.45, 2.75) is 5.82 Å². The van der Waals surface area contributed by atoms with Gasteiger partial charge in [0.15, 0.2) is 0 Å². The number of hydrogen-bond acceptors (Lipinski definition) is 1. The molecule has 0 amide bonds. The van der Waals surface area contributed by atoms with Crippen molar-refractivity contribution in [1.29, 1.82) is 0 Å². The fraction of sp³-hybridized carbons (Fsp3) is 1.00. The van der Waals surface area contributed by atoms with E-state index in [0.29, 0.717) is 14.5 Å². The third-order valence-corrected chi connectivity index (χ3v) is 1.30. The normalized spacial score (nSPS) is 8.25. The molecule has 0 rings (SSSR count). The Hall–Kier alpha value is 0.619.